The van der Waals surface area contributed by atoms with Crippen molar-refractivity contribution < 1.29 is 4.39 Å². The highest BCUT2D eigenvalue weighted by Gasteiger charge is 2.36. The lowest BCUT2D eigenvalue weighted by Crippen LogP contribution is -2.43. The van der Waals surface area contributed by atoms with E-state index in [1.165, 1.54) is 6.07 Å². The Morgan fingerprint density at radius 3 is 2.65 bits per heavy atom. The number of benzene rings is 1. The van der Waals surface area contributed by atoms with Gasteiger partial charge in [0.2, 0.25) is 0 Å². The van der Waals surface area contributed by atoms with Crippen LogP contribution in [0.25, 0.3) is 0 Å². The normalized spacial score (nSPS) is 33.7. The Hall–Kier alpha value is -0.890. The van der Waals surface area contributed by atoms with Crippen molar-refractivity contribution in [2.45, 2.75) is 45.6 Å². The number of hydrogen-bond acceptors (Lipinski definition) is 1. The second-order valence-corrected chi connectivity index (χ2v) is 5.81. The summed E-state index contributed by atoms with van der Waals surface area (Å²) >= 11 is 0. The van der Waals surface area contributed by atoms with E-state index in [2.05, 4.69) is 13.8 Å². The average Bonchev–Trinajstić information content (AvgIpc) is 2.27. The fraction of sp³-hybridized carbons (Fsp3) is 0.600. The molecule has 0 heterocycles. The fourth-order valence-electron chi connectivity index (χ4n) is 3.02. The minimum Gasteiger partial charge on any atom is -0.321 e. The zero-order valence-electron chi connectivity index (χ0n) is 11.0. The quantitative estimate of drug-likeness (QED) is 0.788. The number of aryl methyl sites for hydroxylation is 1. The summed E-state index contributed by atoms with van der Waals surface area (Å²) in [6.45, 7) is 6.55. The zero-order chi connectivity index (χ0) is 12.6. The van der Waals surface area contributed by atoms with E-state index in [0.717, 1.165) is 36.3 Å². The van der Waals surface area contributed by atoms with E-state index in [4.69, 9.17) is 5.73 Å². The van der Waals surface area contributed by atoms with Gasteiger partial charge in [0.05, 0.1) is 0 Å². The van der Waals surface area contributed by atoms with E-state index in [-0.39, 0.29) is 11.4 Å². The van der Waals surface area contributed by atoms with Crippen molar-refractivity contribution in [2.24, 2.45) is 17.6 Å². The van der Waals surface area contributed by atoms with Crippen molar-refractivity contribution in [1.29, 1.82) is 0 Å². The van der Waals surface area contributed by atoms with Crippen LogP contribution in [0.1, 0.15) is 44.2 Å². The summed E-state index contributed by atoms with van der Waals surface area (Å²) < 4.78 is 13.4. The van der Waals surface area contributed by atoms with Crippen molar-refractivity contribution in [3.05, 3.63) is 35.1 Å². The third-order valence-electron chi connectivity index (χ3n) is 4.44. The topological polar surface area (TPSA) is 26.0 Å². The first-order chi connectivity index (χ1) is 7.92. The van der Waals surface area contributed by atoms with Gasteiger partial charge in [-0.25, -0.2) is 4.39 Å². The third-order valence-corrected chi connectivity index (χ3v) is 4.44. The van der Waals surface area contributed by atoms with Crippen LogP contribution in [0.15, 0.2) is 18.2 Å². The van der Waals surface area contributed by atoms with E-state index in [1.807, 2.05) is 13.0 Å². The van der Waals surface area contributed by atoms with Gasteiger partial charge < -0.3 is 5.73 Å². The second kappa shape index (κ2) is 4.41. The van der Waals surface area contributed by atoms with Crippen LogP contribution in [0.2, 0.25) is 0 Å². The molecule has 1 aromatic rings. The number of nitrogens with two attached hydrogens (primary N) is 1. The molecular weight excluding hydrogens is 213 g/mol. The molecule has 2 rings (SSSR count). The van der Waals surface area contributed by atoms with Crippen molar-refractivity contribution >= 4 is 0 Å². The van der Waals surface area contributed by atoms with E-state index in [0.29, 0.717) is 5.92 Å². The van der Waals surface area contributed by atoms with Gasteiger partial charge in [0, 0.05) is 5.54 Å². The third kappa shape index (κ3) is 2.37. The molecule has 3 unspecified atom stereocenters. The van der Waals surface area contributed by atoms with Crippen LogP contribution in [-0.2, 0) is 5.54 Å². The van der Waals surface area contributed by atoms with E-state index in [9.17, 15) is 4.39 Å². The van der Waals surface area contributed by atoms with Crippen LogP contribution in [0, 0.1) is 24.6 Å². The Labute approximate surface area is 103 Å². The van der Waals surface area contributed by atoms with Crippen molar-refractivity contribution in [1.82, 2.24) is 0 Å². The lowest BCUT2D eigenvalue weighted by atomic mass is 9.68. The predicted molar refractivity (Wildman–Crippen MR) is 69.2 cm³/mol. The molecule has 0 spiro atoms. The maximum atomic E-state index is 13.4. The molecule has 17 heavy (non-hydrogen) atoms. The maximum absolute atomic E-state index is 13.4. The Bertz CT molecular complexity index is 415. The first-order valence-corrected chi connectivity index (χ1v) is 6.48. The van der Waals surface area contributed by atoms with Gasteiger partial charge in [-0.15, -0.1) is 0 Å². The number of halogens is 1. The SMILES string of the molecule is Cc1ccc(F)cc1C1(N)CCC(C)C(C)C1. The summed E-state index contributed by atoms with van der Waals surface area (Å²) in [7, 11) is 0. The van der Waals surface area contributed by atoms with Crippen LogP contribution in [0.3, 0.4) is 0 Å². The molecule has 0 amide bonds. The molecule has 0 bridgehead atoms. The van der Waals surface area contributed by atoms with Crippen LogP contribution in [0.4, 0.5) is 4.39 Å². The van der Waals surface area contributed by atoms with Gasteiger partial charge >= 0.3 is 0 Å². The highest BCUT2D eigenvalue weighted by Crippen LogP contribution is 2.41. The lowest BCUT2D eigenvalue weighted by Gasteiger charge is -2.41. The molecule has 1 saturated carbocycles. The molecule has 2 heteroatoms. The molecule has 0 saturated heterocycles. The molecule has 0 aromatic heterocycles. The molecule has 0 radical (unpaired) electrons. The molecule has 2 N–H and O–H groups in total. The summed E-state index contributed by atoms with van der Waals surface area (Å²) in [4.78, 5) is 0. The second-order valence-electron chi connectivity index (χ2n) is 5.81. The first kappa shape index (κ1) is 12.6. The van der Waals surface area contributed by atoms with E-state index in [1.54, 1.807) is 6.07 Å². The Morgan fingerprint density at radius 2 is 2.00 bits per heavy atom. The van der Waals surface area contributed by atoms with Gasteiger partial charge in [0.25, 0.3) is 0 Å². The minimum atomic E-state index is -0.335. The van der Waals surface area contributed by atoms with Crippen LogP contribution in [0.5, 0.6) is 0 Å². The summed E-state index contributed by atoms with van der Waals surface area (Å²) in [5.74, 6) is 1.15. The van der Waals surface area contributed by atoms with Crippen molar-refractivity contribution in [3.8, 4) is 0 Å². The minimum absolute atomic E-state index is 0.179. The summed E-state index contributed by atoms with van der Waals surface area (Å²) in [6.07, 6.45) is 3.05. The van der Waals surface area contributed by atoms with Crippen LogP contribution in [-0.4, -0.2) is 0 Å². The monoisotopic (exact) mass is 235 g/mol. The largest absolute Gasteiger partial charge is 0.321 e. The molecular formula is C15H22FN. The van der Waals surface area contributed by atoms with Gasteiger partial charge in [-0.05, 0) is 61.3 Å². The molecule has 3 atom stereocenters. The Kier molecular flexibility index (Phi) is 3.26. The van der Waals surface area contributed by atoms with Crippen LogP contribution < -0.4 is 5.73 Å². The highest BCUT2D eigenvalue weighted by molar-refractivity contribution is 5.33. The highest BCUT2D eigenvalue weighted by atomic mass is 19.1. The smallest absolute Gasteiger partial charge is 0.123 e. The lowest BCUT2D eigenvalue weighted by molar-refractivity contribution is 0.176. The summed E-state index contributed by atoms with van der Waals surface area (Å²) in [5.41, 5.74) is 8.30. The first-order valence-electron chi connectivity index (χ1n) is 6.48. The molecule has 0 aliphatic heterocycles. The molecule has 94 valence electrons. The standard InChI is InChI=1S/C15H22FN/c1-10-6-7-15(17,9-12(10)3)14-8-13(16)5-4-11(14)2/h4-5,8,10,12H,6-7,9,17H2,1-3H3. The van der Waals surface area contributed by atoms with Crippen molar-refractivity contribution in [2.75, 3.05) is 0 Å². The maximum Gasteiger partial charge on any atom is 0.123 e. The van der Waals surface area contributed by atoms with Crippen LogP contribution >= 0.6 is 0 Å². The molecule has 1 aliphatic rings. The molecule has 1 fully saturated rings. The van der Waals surface area contributed by atoms with Gasteiger partial charge in [-0.3, -0.25) is 0 Å². The Morgan fingerprint density at radius 1 is 1.29 bits per heavy atom. The summed E-state index contributed by atoms with van der Waals surface area (Å²) in [5, 5.41) is 0. The van der Waals surface area contributed by atoms with Gasteiger partial charge in [-0.1, -0.05) is 19.9 Å². The molecule has 1 nitrogen and oxygen atoms in total. The van der Waals surface area contributed by atoms with Gasteiger partial charge in [-0.2, -0.15) is 0 Å². The van der Waals surface area contributed by atoms with E-state index >= 15 is 0 Å². The Balaban J connectivity index is 2.35. The zero-order valence-corrected chi connectivity index (χ0v) is 11.0. The predicted octanol–water partition coefficient (Wildman–Crippen LogP) is 3.74. The average molecular weight is 235 g/mol. The number of rotatable bonds is 1. The van der Waals surface area contributed by atoms with Gasteiger partial charge in [0.1, 0.15) is 5.82 Å². The number of hydrogen-bond donors (Lipinski definition) is 1. The van der Waals surface area contributed by atoms with Gasteiger partial charge in [0.15, 0.2) is 0 Å². The van der Waals surface area contributed by atoms with E-state index < -0.39 is 0 Å². The van der Waals surface area contributed by atoms with Crippen molar-refractivity contribution in [3.63, 3.8) is 0 Å². The molecule has 1 aliphatic carbocycles. The molecule has 1 aromatic carbocycles. The summed E-state index contributed by atoms with van der Waals surface area (Å²) in [6, 6.07) is 4.97. The fourth-order valence-corrected chi connectivity index (χ4v) is 3.02.